The van der Waals surface area contributed by atoms with Crippen LogP contribution in [-0.4, -0.2) is 0 Å². The van der Waals surface area contributed by atoms with Gasteiger partial charge in [0.25, 0.3) is 0 Å². The van der Waals surface area contributed by atoms with Gasteiger partial charge in [0.2, 0.25) is 0 Å². The van der Waals surface area contributed by atoms with E-state index >= 15 is 0 Å². The first-order valence-electron chi connectivity index (χ1n) is 17.2. The van der Waals surface area contributed by atoms with Gasteiger partial charge in [0.15, 0.2) is 0 Å². The van der Waals surface area contributed by atoms with Gasteiger partial charge in [-0.05, 0) is 70.8 Å². The molecule has 4 N–H and O–H groups in total. The molecule has 51 heavy (non-hydrogen) atoms. The first kappa shape index (κ1) is 30.1. The summed E-state index contributed by atoms with van der Waals surface area (Å²) in [6, 6.07) is 53.0. The van der Waals surface area contributed by atoms with Crippen LogP contribution in [0.3, 0.4) is 0 Å². The molecular weight excluding hydrogens is 647 g/mol. The molecular formula is C45H33N3O2S. The van der Waals surface area contributed by atoms with Gasteiger partial charge in [-0.3, -0.25) is 10.6 Å². The summed E-state index contributed by atoms with van der Waals surface area (Å²) in [5, 5.41) is 14.4. The molecule has 0 saturated heterocycles. The first-order valence-corrected chi connectivity index (χ1v) is 18.0. The second-order valence-corrected chi connectivity index (χ2v) is 14.2. The van der Waals surface area contributed by atoms with Gasteiger partial charge in [0.1, 0.15) is 22.3 Å². The Morgan fingerprint density at radius 2 is 1.25 bits per heavy atom. The van der Waals surface area contributed by atoms with Crippen molar-refractivity contribution in [2.24, 2.45) is 5.73 Å². The predicted molar refractivity (Wildman–Crippen MR) is 212 cm³/mol. The lowest BCUT2D eigenvalue weighted by atomic mass is 10.0. The highest BCUT2D eigenvalue weighted by Gasteiger charge is 2.22. The van der Waals surface area contributed by atoms with Gasteiger partial charge in [-0.2, -0.15) is 0 Å². The summed E-state index contributed by atoms with van der Waals surface area (Å²) in [6.45, 7) is 0.644. The van der Waals surface area contributed by atoms with Gasteiger partial charge in [0, 0.05) is 53.8 Å². The molecule has 0 bridgehead atoms. The number of benzene rings is 7. The van der Waals surface area contributed by atoms with E-state index < -0.39 is 6.17 Å². The third-order valence-corrected chi connectivity index (χ3v) is 11.2. The second kappa shape index (κ2) is 12.2. The predicted octanol–water partition coefficient (Wildman–Crippen LogP) is 11.6. The molecule has 10 rings (SSSR count). The number of hydrogen-bond acceptors (Lipinski definition) is 6. The van der Waals surface area contributed by atoms with Crippen molar-refractivity contribution in [3.63, 3.8) is 0 Å². The van der Waals surface area contributed by atoms with Crippen molar-refractivity contribution in [2.75, 3.05) is 0 Å². The maximum Gasteiger partial charge on any atom is 0.141 e. The Labute approximate surface area is 297 Å². The van der Waals surface area contributed by atoms with E-state index in [2.05, 4.69) is 132 Å². The number of nitrogens with two attached hydrogens (primary N) is 1. The Morgan fingerprint density at radius 1 is 0.529 bits per heavy atom. The van der Waals surface area contributed by atoms with Crippen LogP contribution in [0, 0.1) is 0 Å². The van der Waals surface area contributed by atoms with E-state index in [9.17, 15) is 0 Å². The van der Waals surface area contributed by atoms with E-state index in [1.54, 1.807) is 0 Å². The number of thiophene rings is 1. The summed E-state index contributed by atoms with van der Waals surface area (Å²) in [7, 11) is 0. The molecule has 0 aliphatic heterocycles. The van der Waals surface area contributed by atoms with Gasteiger partial charge in [-0.25, -0.2) is 0 Å². The average Bonchev–Trinajstić information content (AvgIpc) is 3.87. The van der Waals surface area contributed by atoms with Crippen LogP contribution in [0.2, 0.25) is 0 Å². The molecule has 6 heteroatoms. The normalized spacial score (nSPS) is 13.3. The van der Waals surface area contributed by atoms with Crippen molar-refractivity contribution < 1.29 is 8.83 Å². The van der Waals surface area contributed by atoms with Crippen LogP contribution < -0.4 is 16.4 Å². The highest BCUT2D eigenvalue weighted by atomic mass is 32.1. The van der Waals surface area contributed by atoms with Gasteiger partial charge >= 0.3 is 0 Å². The topological polar surface area (TPSA) is 76.4 Å². The second-order valence-electron chi connectivity index (χ2n) is 13.1. The van der Waals surface area contributed by atoms with E-state index in [0.717, 1.165) is 66.1 Å². The molecule has 0 fully saturated rings. The van der Waals surface area contributed by atoms with Crippen LogP contribution in [0.15, 0.2) is 160 Å². The van der Waals surface area contributed by atoms with Crippen LogP contribution >= 0.6 is 11.3 Å². The lowest BCUT2D eigenvalue weighted by molar-refractivity contribution is 0.385. The molecule has 2 unspecified atom stereocenters. The number of furan rings is 2. The van der Waals surface area contributed by atoms with Crippen molar-refractivity contribution in [2.45, 2.75) is 18.9 Å². The lowest BCUT2D eigenvalue weighted by Gasteiger charge is -2.25. The first-order chi connectivity index (χ1) is 25.2. The summed E-state index contributed by atoms with van der Waals surface area (Å²) < 4.78 is 15.5. The summed E-state index contributed by atoms with van der Waals surface area (Å²) in [5.41, 5.74) is 15.7. The fourth-order valence-corrected chi connectivity index (χ4v) is 8.52. The molecule has 0 spiro atoms. The van der Waals surface area contributed by atoms with Crippen LogP contribution in [0.4, 0.5) is 0 Å². The van der Waals surface area contributed by atoms with E-state index in [0.29, 0.717) is 6.54 Å². The van der Waals surface area contributed by atoms with Crippen LogP contribution in [-0.2, 0) is 6.54 Å². The zero-order chi connectivity index (χ0) is 33.9. The minimum absolute atomic E-state index is 0.296. The molecule has 3 heterocycles. The quantitative estimate of drug-likeness (QED) is 0.139. The van der Waals surface area contributed by atoms with Crippen LogP contribution in [0.5, 0.6) is 0 Å². The lowest BCUT2D eigenvalue weighted by Crippen LogP contribution is -2.39. The Balaban J connectivity index is 1.03. The Morgan fingerprint density at radius 3 is 2.18 bits per heavy atom. The van der Waals surface area contributed by atoms with E-state index in [4.69, 9.17) is 14.6 Å². The molecule has 2 atom stereocenters. The van der Waals surface area contributed by atoms with Gasteiger partial charge in [-0.1, -0.05) is 103 Å². The van der Waals surface area contributed by atoms with Gasteiger partial charge < -0.3 is 14.6 Å². The molecule has 7 aromatic carbocycles. The molecule has 0 radical (unpaired) electrons. The number of nitrogens with one attached hydrogen (secondary N) is 2. The van der Waals surface area contributed by atoms with E-state index in [1.165, 1.54) is 25.7 Å². The molecule has 5 nitrogen and oxygen atoms in total. The highest BCUT2D eigenvalue weighted by Crippen LogP contribution is 2.38. The largest absolute Gasteiger partial charge is 0.456 e. The number of fused-ring (bicyclic) bond motifs is 9. The maximum atomic E-state index is 6.81. The molecule has 0 aliphatic carbocycles. The fraction of sp³-hybridized carbons (Fsp3) is 0.0667. The smallest absolute Gasteiger partial charge is 0.141 e. The molecule has 3 aromatic heterocycles. The minimum Gasteiger partial charge on any atom is -0.456 e. The summed E-state index contributed by atoms with van der Waals surface area (Å²) >= 11 is 1.84. The van der Waals surface area contributed by atoms with Gasteiger partial charge in [-0.15, -0.1) is 11.3 Å². The summed E-state index contributed by atoms with van der Waals surface area (Å²) in [4.78, 5) is 0. The van der Waals surface area contributed by atoms with Crippen molar-refractivity contribution >= 4 is 75.4 Å². The maximum absolute atomic E-state index is 6.81. The number of hydrogen-bond donors (Lipinski definition) is 3. The Hall–Kier alpha value is -5.76. The third-order valence-electron chi connectivity index (χ3n) is 10.0. The van der Waals surface area contributed by atoms with Crippen LogP contribution in [0.1, 0.15) is 29.0 Å². The van der Waals surface area contributed by atoms with E-state index in [1.807, 2.05) is 41.7 Å². The Kier molecular flexibility index (Phi) is 7.22. The molecule has 0 saturated carbocycles. The molecule has 10 aromatic rings. The molecule has 246 valence electrons. The number of para-hydroxylation sites is 2. The van der Waals surface area contributed by atoms with Crippen molar-refractivity contribution in [1.82, 2.24) is 10.6 Å². The average molecular weight is 680 g/mol. The summed E-state index contributed by atoms with van der Waals surface area (Å²) in [5.74, 6) is 0. The highest BCUT2D eigenvalue weighted by molar-refractivity contribution is 7.25. The molecule has 0 aliphatic rings. The van der Waals surface area contributed by atoms with Crippen molar-refractivity contribution in [3.8, 4) is 11.1 Å². The van der Waals surface area contributed by atoms with Crippen molar-refractivity contribution in [1.29, 1.82) is 0 Å². The Bertz CT molecular complexity index is 2890. The SMILES string of the molecule is NC(NC(NCc1ccc2sc3ccccc3c2c1)c1cccc2c1oc1cc(-c3ccc4oc5ccccc5c4c3)ccc12)c1ccccc1. The number of rotatable bonds is 8. The fourth-order valence-electron chi connectivity index (χ4n) is 7.43. The third kappa shape index (κ3) is 5.28. The minimum atomic E-state index is -0.396. The standard InChI is InChI=1S/C45H33N3O2S/c46-44(28-9-2-1-3-10-28)48-45(47-26-27-17-22-42-37(23-27)33-12-5-7-16-41(33)51-42)35-14-8-13-34-32-20-18-30(25-40(32)50-43(34)35)29-19-21-39-36(24-29)31-11-4-6-15-38(31)49-39/h1-25,44-45,47-48H,26,46H2. The monoisotopic (exact) mass is 679 g/mol. The molecule has 0 amide bonds. The zero-order valence-electron chi connectivity index (χ0n) is 27.6. The van der Waals surface area contributed by atoms with E-state index in [-0.39, 0.29) is 6.17 Å². The van der Waals surface area contributed by atoms with Gasteiger partial charge in [0.05, 0.1) is 12.3 Å². The van der Waals surface area contributed by atoms with Crippen molar-refractivity contribution in [3.05, 3.63) is 168 Å². The van der Waals surface area contributed by atoms with Crippen LogP contribution in [0.25, 0.3) is 75.2 Å². The zero-order valence-corrected chi connectivity index (χ0v) is 28.4. The summed E-state index contributed by atoms with van der Waals surface area (Å²) in [6.07, 6.45) is -0.692.